The Labute approximate surface area is 125 Å². The molecule has 1 saturated carbocycles. The molecule has 0 amide bonds. The predicted molar refractivity (Wildman–Crippen MR) is 83.6 cm³/mol. The lowest BCUT2D eigenvalue weighted by Gasteiger charge is -2.37. The van der Waals surface area contributed by atoms with Gasteiger partial charge in [-0.2, -0.15) is 0 Å². The first-order chi connectivity index (χ1) is 9.04. The highest BCUT2D eigenvalue weighted by Gasteiger charge is 2.27. The summed E-state index contributed by atoms with van der Waals surface area (Å²) in [4.78, 5) is 6.76. The molecule has 2 unspecified atom stereocenters. The van der Waals surface area contributed by atoms with E-state index < -0.39 is 0 Å². The van der Waals surface area contributed by atoms with Gasteiger partial charge >= 0.3 is 0 Å². The zero-order valence-corrected chi connectivity index (χ0v) is 13.2. The van der Waals surface area contributed by atoms with Crippen LogP contribution in [0.2, 0.25) is 10.0 Å². The fourth-order valence-electron chi connectivity index (χ4n) is 2.91. The van der Waals surface area contributed by atoms with E-state index in [4.69, 9.17) is 23.2 Å². The Morgan fingerprint density at radius 3 is 2.58 bits per heavy atom. The van der Waals surface area contributed by atoms with E-state index in [1.54, 1.807) is 6.07 Å². The number of aromatic nitrogens is 1. The minimum Gasteiger partial charge on any atom is -0.372 e. The summed E-state index contributed by atoms with van der Waals surface area (Å²) < 4.78 is 0. The van der Waals surface area contributed by atoms with Gasteiger partial charge in [0.15, 0.2) is 0 Å². The Morgan fingerprint density at radius 2 is 1.95 bits per heavy atom. The molecule has 5 heteroatoms. The maximum atomic E-state index is 6.30. The van der Waals surface area contributed by atoms with Gasteiger partial charge in [-0.3, -0.25) is 0 Å². The summed E-state index contributed by atoms with van der Waals surface area (Å²) >= 11 is 12.4. The lowest BCUT2D eigenvalue weighted by molar-refractivity contribution is 0.320. The molecular weight excluding hydrogens is 281 g/mol. The Morgan fingerprint density at radius 1 is 1.26 bits per heavy atom. The first-order valence-corrected chi connectivity index (χ1v) is 7.56. The van der Waals surface area contributed by atoms with Crippen molar-refractivity contribution in [2.75, 3.05) is 24.3 Å². The lowest BCUT2D eigenvalue weighted by Crippen LogP contribution is -2.39. The molecule has 0 aromatic carbocycles. The van der Waals surface area contributed by atoms with Gasteiger partial charge in [-0.25, -0.2) is 4.98 Å². The molecule has 1 aliphatic carbocycles. The Hall–Kier alpha value is -0.670. The van der Waals surface area contributed by atoms with Crippen molar-refractivity contribution in [1.29, 1.82) is 0 Å². The third kappa shape index (κ3) is 3.09. The Balaban J connectivity index is 2.29. The van der Waals surface area contributed by atoms with E-state index in [2.05, 4.69) is 29.2 Å². The zero-order chi connectivity index (χ0) is 14.0. The maximum absolute atomic E-state index is 6.30. The molecule has 1 aromatic heterocycles. The SMILES string of the molecule is CNc1nc(N(C)C2CCCCC2C)c(Cl)cc1Cl. The van der Waals surface area contributed by atoms with E-state index in [1.807, 2.05) is 7.05 Å². The molecule has 1 aromatic rings. The van der Waals surface area contributed by atoms with Crippen LogP contribution >= 0.6 is 23.2 Å². The number of nitrogens with zero attached hydrogens (tertiary/aromatic N) is 2. The molecule has 0 saturated heterocycles. The summed E-state index contributed by atoms with van der Waals surface area (Å²) in [6.07, 6.45) is 5.09. The molecule has 0 bridgehead atoms. The number of hydrogen-bond acceptors (Lipinski definition) is 3. The molecule has 106 valence electrons. The van der Waals surface area contributed by atoms with Gasteiger partial charge < -0.3 is 10.2 Å². The smallest absolute Gasteiger partial charge is 0.149 e. The van der Waals surface area contributed by atoms with E-state index in [0.29, 0.717) is 27.8 Å². The molecule has 0 spiro atoms. The van der Waals surface area contributed by atoms with Crippen LogP contribution in [0.1, 0.15) is 32.6 Å². The third-order valence-electron chi connectivity index (χ3n) is 4.05. The van der Waals surface area contributed by atoms with Gasteiger partial charge in [-0.1, -0.05) is 43.0 Å². The third-order valence-corrected chi connectivity index (χ3v) is 4.61. The number of rotatable bonds is 3. The number of anilines is 2. The normalized spacial score (nSPS) is 23.2. The summed E-state index contributed by atoms with van der Waals surface area (Å²) in [6.45, 7) is 2.31. The highest BCUT2D eigenvalue weighted by atomic mass is 35.5. The van der Waals surface area contributed by atoms with Gasteiger partial charge in [0.2, 0.25) is 0 Å². The van der Waals surface area contributed by atoms with Gasteiger partial charge in [0.05, 0.1) is 10.0 Å². The predicted octanol–water partition coefficient (Wildman–Crippen LogP) is 4.45. The summed E-state index contributed by atoms with van der Waals surface area (Å²) in [5.41, 5.74) is 0. The van der Waals surface area contributed by atoms with Crippen LogP contribution in [-0.4, -0.2) is 25.1 Å². The second kappa shape index (κ2) is 6.19. The van der Waals surface area contributed by atoms with Crippen LogP contribution in [0.15, 0.2) is 6.07 Å². The summed E-state index contributed by atoms with van der Waals surface area (Å²) in [6, 6.07) is 2.27. The van der Waals surface area contributed by atoms with Crippen molar-refractivity contribution in [1.82, 2.24) is 4.98 Å². The molecule has 0 aliphatic heterocycles. The van der Waals surface area contributed by atoms with Crippen LogP contribution in [0.25, 0.3) is 0 Å². The molecule has 1 aliphatic rings. The second-order valence-corrected chi connectivity index (χ2v) is 6.13. The first kappa shape index (κ1) is 14.7. The minimum atomic E-state index is 0.504. The van der Waals surface area contributed by atoms with Gasteiger partial charge in [0.1, 0.15) is 11.6 Å². The van der Waals surface area contributed by atoms with Crippen molar-refractivity contribution < 1.29 is 0 Å². The van der Waals surface area contributed by atoms with Gasteiger partial charge in [-0.15, -0.1) is 0 Å². The molecule has 2 atom stereocenters. The van der Waals surface area contributed by atoms with Crippen LogP contribution in [0.4, 0.5) is 11.6 Å². The fourth-order valence-corrected chi connectivity index (χ4v) is 3.50. The van der Waals surface area contributed by atoms with Crippen LogP contribution in [0.3, 0.4) is 0 Å². The van der Waals surface area contributed by atoms with Crippen molar-refractivity contribution in [3.8, 4) is 0 Å². The quantitative estimate of drug-likeness (QED) is 0.894. The first-order valence-electron chi connectivity index (χ1n) is 6.81. The maximum Gasteiger partial charge on any atom is 0.149 e. The molecule has 0 radical (unpaired) electrons. The van der Waals surface area contributed by atoms with E-state index in [0.717, 1.165) is 5.82 Å². The van der Waals surface area contributed by atoms with Crippen molar-refractivity contribution in [3.05, 3.63) is 16.1 Å². The van der Waals surface area contributed by atoms with E-state index >= 15 is 0 Å². The van der Waals surface area contributed by atoms with Crippen LogP contribution in [0.5, 0.6) is 0 Å². The standard InChI is InChI=1S/C14H21Cl2N3/c1-9-6-4-5-7-12(9)19(3)14-11(16)8-10(15)13(17-2)18-14/h8-9,12H,4-7H2,1-3H3,(H,17,18). The highest BCUT2D eigenvalue weighted by molar-refractivity contribution is 6.37. The summed E-state index contributed by atoms with van der Waals surface area (Å²) in [5, 5.41) is 4.18. The van der Waals surface area contributed by atoms with E-state index in [9.17, 15) is 0 Å². The topological polar surface area (TPSA) is 28.2 Å². The molecule has 1 fully saturated rings. The minimum absolute atomic E-state index is 0.504. The second-order valence-electron chi connectivity index (χ2n) is 5.31. The monoisotopic (exact) mass is 301 g/mol. The van der Waals surface area contributed by atoms with Crippen molar-refractivity contribution in [2.45, 2.75) is 38.6 Å². The zero-order valence-electron chi connectivity index (χ0n) is 11.7. The van der Waals surface area contributed by atoms with Crippen LogP contribution in [0, 0.1) is 5.92 Å². The lowest BCUT2D eigenvalue weighted by atomic mass is 9.85. The number of nitrogens with one attached hydrogen (secondary N) is 1. The highest BCUT2D eigenvalue weighted by Crippen LogP contribution is 2.35. The van der Waals surface area contributed by atoms with Gasteiger partial charge in [-0.05, 0) is 24.8 Å². The largest absolute Gasteiger partial charge is 0.372 e. The molecule has 1 heterocycles. The average Bonchev–Trinajstić information content (AvgIpc) is 2.39. The molecule has 1 N–H and O–H groups in total. The van der Waals surface area contributed by atoms with E-state index in [1.165, 1.54) is 25.7 Å². The van der Waals surface area contributed by atoms with E-state index in [-0.39, 0.29) is 0 Å². The summed E-state index contributed by atoms with van der Waals surface area (Å²) in [5.74, 6) is 2.16. The van der Waals surface area contributed by atoms with Gasteiger partial charge in [0.25, 0.3) is 0 Å². The van der Waals surface area contributed by atoms with Crippen LogP contribution < -0.4 is 10.2 Å². The molecular formula is C14H21Cl2N3. The number of hydrogen-bond donors (Lipinski definition) is 1. The molecule has 19 heavy (non-hydrogen) atoms. The number of halogens is 2. The molecule has 2 rings (SSSR count). The Kier molecular flexibility index (Phi) is 4.80. The average molecular weight is 302 g/mol. The van der Waals surface area contributed by atoms with Crippen molar-refractivity contribution in [2.24, 2.45) is 5.92 Å². The summed E-state index contributed by atoms with van der Waals surface area (Å²) in [7, 11) is 3.89. The number of pyridine rings is 1. The van der Waals surface area contributed by atoms with Crippen LogP contribution in [-0.2, 0) is 0 Å². The van der Waals surface area contributed by atoms with Gasteiger partial charge in [0, 0.05) is 20.1 Å². The van der Waals surface area contributed by atoms with Crippen molar-refractivity contribution >= 4 is 34.8 Å². The fraction of sp³-hybridized carbons (Fsp3) is 0.643. The van der Waals surface area contributed by atoms with Crippen molar-refractivity contribution in [3.63, 3.8) is 0 Å². The molecule has 3 nitrogen and oxygen atoms in total. The Bertz CT molecular complexity index is 451.